The Morgan fingerprint density at radius 1 is 1.17 bits per heavy atom. The summed E-state index contributed by atoms with van der Waals surface area (Å²) >= 11 is 3.36. The number of nitrogens with zero attached hydrogens (tertiary/aromatic N) is 1. The second kappa shape index (κ2) is 7.79. The summed E-state index contributed by atoms with van der Waals surface area (Å²) in [5.41, 5.74) is 4.39. The van der Waals surface area contributed by atoms with E-state index in [0.717, 1.165) is 27.1 Å². The third-order valence-electron chi connectivity index (χ3n) is 3.31. The van der Waals surface area contributed by atoms with Gasteiger partial charge in [-0.3, -0.25) is 4.79 Å². The molecule has 0 radical (unpaired) electrons. The zero-order chi connectivity index (χ0) is 16.8. The number of carbonyl (C=O) groups is 1. The van der Waals surface area contributed by atoms with Gasteiger partial charge in [-0.05, 0) is 41.5 Å². The van der Waals surface area contributed by atoms with E-state index in [9.17, 15) is 4.79 Å². The van der Waals surface area contributed by atoms with Crippen LogP contribution in [-0.4, -0.2) is 18.9 Å². The molecule has 1 aliphatic rings. The molecule has 1 N–H and O–H groups in total. The number of nitrogens with one attached hydrogen (secondary N) is 1. The monoisotopic (exact) mass is 386 g/mol. The fraction of sp³-hybridized carbons (Fsp3) is 0.111. The minimum absolute atomic E-state index is 0.162. The van der Waals surface area contributed by atoms with Crippen LogP contribution in [0.25, 0.3) is 6.08 Å². The number of hydrogen-bond acceptors (Lipinski definition) is 4. The van der Waals surface area contributed by atoms with Crippen LogP contribution < -0.4 is 14.9 Å². The van der Waals surface area contributed by atoms with Crippen molar-refractivity contribution in [3.63, 3.8) is 0 Å². The van der Waals surface area contributed by atoms with E-state index in [-0.39, 0.29) is 19.1 Å². The standard InChI is InChI=1S/C18H15BrN2O3/c19-15-6-3-14(4-7-15)11-18(22)21-20-9-1-2-13-5-8-16-17(10-13)24-12-23-16/h1-10H,11-12H2,(H,21,22)/b2-1+,20-9-. The predicted molar refractivity (Wildman–Crippen MR) is 96.1 cm³/mol. The average molecular weight is 387 g/mol. The number of fused-ring (bicyclic) bond motifs is 1. The van der Waals surface area contributed by atoms with Crippen molar-refractivity contribution < 1.29 is 14.3 Å². The second-order valence-corrected chi connectivity index (χ2v) is 6.00. The first-order chi connectivity index (χ1) is 11.7. The SMILES string of the molecule is O=C(Cc1ccc(Br)cc1)N/N=C\C=C\c1ccc2c(c1)OCO2. The van der Waals surface area contributed by atoms with Crippen LogP contribution in [-0.2, 0) is 11.2 Å². The van der Waals surface area contributed by atoms with Gasteiger partial charge in [-0.15, -0.1) is 0 Å². The lowest BCUT2D eigenvalue weighted by atomic mass is 10.1. The van der Waals surface area contributed by atoms with E-state index in [2.05, 4.69) is 26.5 Å². The summed E-state index contributed by atoms with van der Waals surface area (Å²) in [4.78, 5) is 11.8. The predicted octanol–water partition coefficient (Wildman–Crippen LogP) is 3.54. The summed E-state index contributed by atoms with van der Waals surface area (Å²) in [6.07, 6.45) is 5.43. The highest BCUT2D eigenvalue weighted by molar-refractivity contribution is 9.10. The molecule has 2 aromatic carbocycles. The number of allylic oxidation sites excluding steroid dienone is 1. The first kappa shape index (κ1) is 16.3. The van der Waals surface area contributed by atoms with Crippen LogP contribution in [0, 0.1) is 0 Å². The maximum Gasteiger partial charge on any atom is 0.244 e. The normalized spacial score (nSPS) is 12.9. The molecular weight excluding hydrogens is 372 g/mol. The Labute approximate surface area is 148 Å². The van der Waals surface area contributed by atoms with E-state index < -0.39 is 0 Å². The van der Waals surface area contributed by atoms with Gasteiger partial charge in [0, 0.05) is 10.7 Å². The molecule has 0 aliphatic carbocycles. The van der Waals surface area contributed by atoms with Crippen LogP contribution >= 0.6 is 15.9 Å². The molecule has 0 bridgehead atoms. The summed E-state index contributed by atoms with van der Waals surface area (Å²) in [5.74, 6) is 1.32. The van der Waals surface area contributed by atoms with Gasteiger partial charge in [-0.2, -0.15) is 5.10 Å². The number of hydrogen-bond donors (Lipinski definition) is 1. The molecule has 0 unspecified atom stereocenters. The Morgan fingerprint density at radius 2 is 1.96 bits per heavy atom. The maximum absolute atomic E-state index is 11.8. The van der Waals surface area contributed by atoms with Gasteiger partial charge < -0.3 is 9.47 Å². The molecule has 3 rings (SSSR count). The van der Waals surface area contributed by atoms with Gasteiger partial charge in [0.25, 0.3) is 0 Å². The fourth-order valence-electron chi connectivity index (χ4n) is 2.15. The van der Waals surface area contributed by atoms with Crippen molar-refractivity contribution in [2.24, 2.45) is 5.10 Å². The molecule has 0 aromatic heterocycles. The van der Waals surface area contributed by atoms with Crippen molar-refractivity contribution >= 4 is 34.1 Å². The van der Waals surface area contributed by atoms with Crippen molar-refractivity contribution in [1.82, 2.24) is 5.43 Å². The number of carbonyl (C=O) groups excluding carboxylic acids is 1. The quantitative estimate of drug-likeness (QED) is 0.631. The zero-order valence-electron chi connectivity index (χ0n) is 12.7. The van der Waals surface area contributed by atoms with E-state index >= 15 is 0 Å². The molecule has 1 aliphatic heterocycles. The summed E-state index contributed by atoms with van der Waals surface area (Å²) < 4.78 is 11.6. The van der Waals surface area contributed by atoms with E-state index in [4.69, 9.17) is 9.47 Å². The van der Waals surface area contributed by atoms with Crippen LogP contribution in [0.15, 0.2) is 58.1 Å². The Balaban J connectivity index is 1.47. The van der Waals surface area contributed by atoms with Crippen molar-refractivity contribution in [3.05, 3.63) is 64.1 Å². The Kier molecular flexibility index (Phi) is 5.28. The van der Waals surface area contributed by atoms with Gasteiger partial charge in [0.05, 0.1) is 6.42 Å². The van der Waals surface area contributed by atoms with Crippen molar-refractivity contribution in [1.29, 1.82) is 0 Å². The molecule has 0 saturated carbocycles. The highest BCUT2D eigenvalue weighted by atomic mass is 79.9. The molecule has 6 heteroatoms. The van der Waals surface area contributed by atoms with E-state index in [0.29, 0.717) is 0 Å². The molecule has 0 fully saturated rings. The summed E-state index contributed by atoms with van der Waals surface area (Å²) in [6, 6.07) is 13.3. The highest BCUT2D eigenvalue weighted by Gasteiger charge is 2.11. The van der Waals surface area contributed by atoms with Crippen LogP contribution in [0.2, 0.25) is 0 Å². The van der Waals surface area contributed by atoms with Crippen LogP contribution in [0.4, 0.5) is 0 Å². The van der Waals surface area contributed by atoms with Gasteiger partial charge in [-0.1, -0.05) is 40.2 Å². The third kappa shape index (κ3) is 4.45. The first-order valence-corrected chi connectivity index (χ1v) is 8.13. The van der Waals surface area contributed by atoms with E-state index in [1.807, 2.05) is 48.5 Å². The topological polar surface area (TPSA) is 59.9 Å². The number of ether oxygens (including phenoxy) is 2. The molecule has 24 heavy (non-hydrogen) atoms. The molecule has 0 atom stereocenters. The lowest BCUT2D eigenvalue weighted by Crippen LogP contribution is -2.19. The number of hydrazone groups is 1. The number of rotatable bonds is 5. The highest BCUT2D eigenvalue weighted by Crippen LogP contribution is 2.32. The van der Waals surface area contributed by atoms with Crippen molar-refractivity contribution in [3.8, 4) is 11.5 Å². The van der Waals surface area contributed by atoms with Crippen molar-refractivity contribution in [2.45, 2.75) is 6.42 Å². The molecule has 1 amide bonds. The molecular formula is C18H15BrN2O3. The summed E-state index contributed by atoms with van der Waals surface area (Å²) in [6.45, 7) is 0.258. The summed E-state index contributed by atoms with van der Waals surface area (Å²) in [5, 5.41) is 3.90. The van der Waals surface area contributed by atoms with E-state index in [1.165, 1.54) is 6.21 Å². The van der Waals surface area contributed by atoms with Gasteiger partial charge in [0.15, 0.2) is 11.5 Å². The first-order valence-electron chi connectivity index (χ1n) is 7.33. The van der Waals surface area contributed by atoms with Crippen molar-refractivity contribution in [2.75, 3.05) is 6.79 Å². The van der Waals surface area contributed by atoms with Gasteiger partial charge in [0.1, 0.15) is 0 Å². The number of amides is 1. The molecule has 0 saturated heterocycles. The molecule has 122 valence electrons. The van der Waals surface area contributed by atoms with Gasteiger partial charge >= 0.3 is 0 Å². The average Bonchev–Trinajstić information content (AvgIpc) is 3.04. The zero-order valence-corrected chi connectivity index (χ0v) is 14.3. The Morgan fingerprint density at radius 3 is 2.79 bits per heavy atom. The number of benzene rings is 2. The minimum Gasteiger partial charge on any atom is -0.454 e. The Hall–Kier alpha value is -2.60. The smallest absolute Gasteiger partial charge is 0.244 e. The molecule has 0 spiro atoms. The van der Waals surface area contributed by atoms with Gasteiger partial charge in [0.2, 0.25) is 12.7 Å². The van der Waals surface area contributed by atoms with Crippen LogP contribution in [0.3, 0.4) is 0 Å². The Bertz CT molecular complexity index is 785. The lowest BCUT2D eigenvalue weighted by molar-refractivity contribution is -0.120. The maximum atomic E-state index is 11.8. The summed E-state index contributed by atoms with van der Waals surface area (Å²) in [7, 11) is 0. The molecule has 2 aromatic rings. The molecule has 5 nitrogen and oxygen atoms in total. The second-order valence-electron chi connectivity index (χ2n) is 5.09. The molecule has 1 heterocycles. The lowest BCUT2D eigenvalue weighted by Gasteiger charge is -2.00. The van der Waals surface area contributed by atoms with Crippen LogP contribution in [0.1, 0.15) is 11.1 Å². The fourth-order valence-corrected chi connectivity index (χ4v) is 2.41. The third-order valence-corrected chi connectivity index (χ3v) is 3.84. The minimum atomic E-state index is -0.162. The van der Waals surface area contributed by atoms with Gasteiger partial charge in [-0.25, -0.2) is 5.43 Å². The van der Waals surface area contributed by atoms with E-state index in [1.54, 1.807) is 6.08 Å². The number of halogens is 1. The largest absolute Gasteiger partial charge is 0.454 e. The van der Waals surface area contributed by atoms with Crippen LogP contribution in [0.5, 0.6) is 11.5 Å².